The monoisotopic (exact) mass is 172 g/mol. The molecule has 0 aromatic carbocycles. The predicted molar refractivity (Wildman–Crippen MR) is 50.1 cm³/mol. The molecule has 0 aromatic heterocycles. The first-order chi connectivity index (χ1) is 5.93. The average Bonchev–Trinajstić information content (AvgIpc) is 2.57. The van der Waals surface area contributed by atoms with Crippen LogP contribution in [0.25, 0.3) is 0 Å². The van der Waals surface area contributed by atoms with Crippen molar-refractivity contribution in [3.63, 3.8) is 0 Å². The molecule has 72 valence electrons. The molecule has 3 N–H and O–H groups in total. The fourth-order valence-corrected chi connectivity index (χ4v) is 1.44. The van der Waals surface area contributed by atoms with Crippen LogP contribution in [-0.4, -0.2) is 32.3 Å². The Kier molecular flexibility index (Phi) is 5.32. The average molecular weight is 172 g/mol. The SMILES string of the molecule is NCCCCCO[C@@H]1CCNC1. The molecule has 3 heteroatoms. The van der Waals surface area contributed by atoms with E-state index < -0.39 is 0 Å². The molecule has 0 spiro atoms. The van der Waals surface area contributed by atoms with E-state index in [9.17, 15) is 0 Å². The van der Waals surface area contributed by atoms with Crippen molar-refractivity contribution in [1.29, 1.82) is 0 Å². The van der Waals surface area contributed by atoms with Gasteiger partial charge in [-0.3, -0.25) is 0 Å². The number of rotatable bonds is 6. The molecule has 0 aromatic rings. The van der Waals surface area contributed by atoms with Crippen molar-refractivity contribution >= 4 is 0 Å². The Labute approximate surface area is 74.7 Å². The highest BCUT2D eigenvalue weighted by molar-refractivity contribution is 4.70. The number of hydrogen-bond acceptors (Lipinski definition) is 3. The quantitative estimate of drug-likeness (QED) is 0.573. The summed E-state index contributed by atoms with van der Waals surface area (Å²) >= 11 is 0. The van der Waals surface area contributed by atoms with Gasteiger partial charge in [-0.15, -0.1) is 0 Å². The second-order valence-corrected chi connectivity index (χ2v) is 3.33. The number of ether oxygens (including phenoxy) is 1. The highest BCUT2D eigenvalue weighted by Crippen LogP contribution is 2.04. The lowest BCUT2D eigenvalue weighted by Crippen LogP contribution is -2.17. The van der Waals surface area contributed by atoms with Gasteiger partial charge >= 0.3 is 0 Å². The van der Waals surface area contributed by atoms with Gasteiger partial charge in [0, 0.05) is 13.2 Å². The zero-order chi connectivity index (χ0) is 8.65. The Hall–Kier alpha value is -0.120. The molecule has 1 aliphatic rings. The number of nitrogens with one attached hydrogen (secondary N) is 1. The van der Waals surface area contributed by atoms with Crippen LogP contribution < -0.4 is 11.1 Å². The van der Waals surface area contributed by atoms with Gasteiger partial charge in [0.1, 0.15) is 0 Å². The van der Waals surface area contributed by atoms with Crippen LogP contribution in [0, 0.1) is 0 Å². The minimum Gasteiger partial charge on any atom is -0.377 e. The molecule has 1 fully saturated rings. The first-order valence-electron chi connectivity index (χ1n) is 4.96. The fourth-order valence-electron chi connectivity index (χ4n) is 1.44. The van der Waals surface area contributed by atoms with Gasteiger partial charge in [0.2, 0.25) is 0 Å². The van der Waals surface area contributed by atoms with Crippen LogP contribution in [0.2, 0.25) is 0 Å². The van der Waals surface area contributed by atoms with E-state index in [4.69, 9.17) is 10.5 Å². The van der Waals surface area contributed by atoms with Gasteiger partial charge in [0.05, 0.1) is 6.10 Å². The fraction of sp³-hybridized carbons (Fsp3) is 1.00. The summed E-state index contributed by atoms with van der Waals surface area (Å²) < 4.78 is 5.65. The first kappa shape index (κ1) is 9.96. The van der Waals surface area contributed by atoms with Gasteiger partial charge < -0.3 is 15.8 Å². The zero-order valence-corrected chi connectivity index (χ0v) is 7.72. The topological polar surface area (TPSA) is 47.3 Å². The van der Waals surface area contributed by atoms with Crippen molar-refractivity contribution in [1.82, 2.24) is 5.32 Å². The molecular formula is C9H20N2O. The Morgan fingerprint density at radius 1 is 1.33 bits per heavy atom. The number of hydrogen-bond donors (Lipinski definition) is 2. The smallest absolute Gasteiger partial charge is 0.0711 e. The summed E-state index contributed by atoms with van der Waals surface area (Å²) in [5.74, 6) is 0. The van der Waals surface area contributed by atoms with E-state index in [1.54, 1.807) is 0 Å². The van der Waals surface area contributed by atoms with Gasteiger partial charge in [-0.2, -0.15) is 0 Å². The van der Waals surface area contributed by atoms with E-state index in [1.165, 1.54) is 12.8 Å². The third-order valence-corrected chi connectivity index (χ3v) is 2.22. The van der Waals surface area contributed by atoms with Crippen LogP contribution in [0.4, 0.5) is 0 Å². The lowest BCUT2D eigenvalue weighted by molar-refractivity contribution is 0.0643. The Morgan fingerprint density at radius 3 is 2.92 bits per heavy atom. The Balaban J connectivity index is 1.81. The summed E-state index contributed by atoms with van der Waals surface area (Å²) in [6, 6.07) is 0. The van der Waals surface area contributed by atoms with E-state index in [2.05, 4.69) is 5.32 Å². The minimum absolute atomic E-state index is 0.475. The van der Waals surface area contributed by atoms with Crippen molar-refractivity contribution < 1.29 is 4.74 Å². The molecule has 1 saturated heterocycles. The molecule has 0 saturated carbocycles. The highest BCUT2D eigenvalue weighted by atomic mass is 16.5. The molecule has 1 aliphatic heterocycles. The maximum atomic E-state index is 5.65. The molecular weight excluding hydrogens is 152 g/mol. The van der Waals surface area contributed by atoms with Crippen LogP contribution in [0.3, 0.4) is 0 Å². The maximum Gasteiger partial charge on any atom is 0.0711 e. The molecule has 0 amide bonds. The third-order valence-electron chi connectivity index (χ3n) is 2.22. The third kappa shape index (κ3) is 4.04. The van der Waals surface area contributed by atoms with Crippen molar-refractivity contribution in [2.75, 3.05) is 26.2 Å². The lowest BCUT2D eigenvalue weighted by Gasteiger charge is -2.09. The Morgan fingerprint density at radius 2 is 2.25 bits per heavy atom. The van der Waals surface area contributed by atoms with Gasteiger partial charge in [-0.05, 0) is 38.8 Å². The normalized spacial score (nSPS) is 23.2. The maximum absolute atomic E-state index is 5.65. The van der Waals surface area contributed by atoms with E-state index in [0.29, 0.717) is 6.10 Å². The van der Waals surface area contributed by atoms with E-state index in [1.807, 2.05) is 0 Å². The van der Waals surface area contributed by atoms with Gasteiger partial charge in [0.25, 0.3) is 0 Å². The van der Waals surface area contributed by atoms with Crippen LogP contribution in [0.5, 0.6) is 0 Å². The molecule has 1 atom stereocenters. The molecule has 0 aliphatic carbocycles. The standard InChI is InChI=1S/C9H20N2O/c10-5-2-1-3-7-12-9-4-6-11-8-9/h9,11H,1-8,10H2/t9-/m1/s1. The minimum atomic E-state index is 0.475. The van der Waals surface area contributed by atoms with Gasteiger partial charge in [-0.25, -0.2) is 0 Å². The van der Waals surface area contributed by atoms with E-state index in [0.717, 1.165) is 39.1 Å². The van der Waals surface area contributed by atoms with Crippen LogP contribution in [0.15, 0.2) is 0 Å². The zero-order valence-electron chi connectivity index (χ0n) is 7.72. The van der Waals surface area contributed by atoms with Crippen LogP contribution in [0.1, 0.15) is 25.7 Å². The first-order valence-corrected chi connectivity index (χ1v) is 4.96. The number of unbranched alkanes of at least 4 members (excludes halogenated alkanes) is 2. The van der Waals surface area contributed by atoms with Crippen molar-refractivity contribution in [3.8, 4) is 0 Å². The molecule has 3 nitrogen and oxygen atoms in total. The summed E-state index contributed by atoms with van der Waals surface area (Å²) in [5.41, 5.74) is 5.38. The van der Waals surface area contributed by atoms with Gasteiger partial charge in [0.15, 0.2) is 0 Å². The second kappa shape index (κ2) is 6.40. The summed E-state index contributed by atoms with van der Waals surface area (Å²) in [6.45, 7) is 3.88. The molecule has 1 heterocycles. The highest BCUT2D eigenvalue weighted by Gasteiger charge is 2.13. The van der Waals surface area contributed by atoms with E-state index in [-0.39, 0.29) is 0 Å². The van der Waals surface area contributed by atoms with Gasteiger partial charge in [-0.1, -0.05) is 0 Å². The summed E-state index contributed by atoms with van der Waals surface area (Å²) in [7, 11) is 0. The van der Waals surface area contributed by atoms with Crippen molar-refractivity contribution in [3.05, 3.63) is 0 Å². The summed E-state index contributed by atoms with van der Waals surface area (Å²) in [5, 5.41) is 3.28. The number of nitrogens with two attached hydrogens (primary N) is 1. The summed E-state index contributed by atoms with van der Waals surface area (Å²) in [4.78, 5) is 0. The molecule has 0 radical (unpaired) electrons. The second-order valence-electron chi connectivity index (χ2n) is 3.33. The van der Waals surface area contributed by atoms with Crippen LogP contribution in [-0.2, 0) is 4.74 Å². The van der Waals surface area contributed by atoms with Crippen molar-refractivity contribution in [2.45, 2.75) is 31.8 Å². The molecule has 0 bridgehead atoms. The Bertz CT molecular complexity index is 103. The lowest BCUT2D eigenvalue weighted by atomic mass is 10.2. The van der Waals surface area contributed by atoms with Crippen molar-refractivity contribution in [2.24, 2.45) is 5.73 Å². The van der Waals surface area contributed by atoms with Crippen LogP contribution >= 0.6 is 0 Å². The summed E-state index contributed by atoms with van der Waals surface area (Å²) in [6.07, 6.45) is 5.15. The largest absolute Gasteiger partial charge is 0.377 e. The van der Waals surface area contributed by atoms with E-state index >= 15 is 0 Å². The molecule has 12 heavy (non-hydrogen) atoms. The molecule has 1 rings (SSSR count). The molecule has 0 unspecified atom stereocenters. The predicted octanol–water partition coefficient (Wildman–Crippen LogP) is 0.494.